The van der Waals surface area contributed by atoms with Crippen molar-refractivity contribution in [3.05, 3.63) is 175 Å². The molecule has 0 amide bonds. The second-order valence-corrected chi connectivity index (χ2v) is 18.7. The summed E-state index contributed by atoms with van der Waals surface area (Å²) in [5.74, 6) is 2.02. The summed E-state index contributed by atoms with van der Waals surface area (Å²) in [6.07, 6.45) is 1.91. The Balaban J connectivity index is 0.00000499. The van der Waals surface area contributed by atoms with Gasteiger partial charge in [0.25, 0.3) is 0 Å². The van der Waals surface area contributed by atoms with E-state index in [1.54, 1.807) is 0 Å². The van der Waals surface area contributed by atoms with Gasteiger partial charge in [0.2, 0.25) is 0 Å². The van der Waals surface area contributed by atoms with Crippen molar-refractivity contribution in [3.8, 4) is 33.8 Å². The molecule has 0 saturated heterocycles. The normalized spacial score (nSPS) is 13.4. The summed E-state index contributed by atoms with van der Waals surface area (Å²) >= 11 is 0. The van der Waals surface area contributed by atoms with Crippen molar-refractivity contribution in [2.45, 2.75) is 78.6 Å². The minimum Gasteiger partial charge on any atom is -0.509 e. The van der Waals surface area contributed by atoms with Gasteiger partial charge < -0.3 is 19.4 Å². The van der Waals surface area contributed by atoms with Gasteiger partial charge in [-0.1, -0.05) is 140 Å². The van der Waals surface area contributed by atoms with E-state index >= 15 is 0 Å². The van der Waals surface area contributed by atoms with E-state index in [2.05, 4.69) is 211 Å². The van der Waals surface area contributed by atoms with Crippen molar-refractivity contribution in [2.75, 3.05) is 14.7 Å². The van der Waals surface area contributed by atoms with Crippen LogP contribution in [0.15, 0.2) is 140 Å². The fraction of sp³-hybridized carbons (Fsp3) is 0.222. The number of pyridine rings is 1. The molecule has 0 unspecified atom stereocenters. The minimum absolute atomic E-state index is 0. The predicted molar refractivity (Wildman–Crippen MR) is 245 cm³/mol. The Bertz CT molecular complexity index is 2720. The number of fused-ring (bicyclic) bond motifs is 6. The Morgan fingerprint density at radius 1 is 0.500 bits per heavy atom. The fourth-order valence-electron chi connectivity index (χ4n) is 8.21. The molecule has 1 aromatic heterocycles. The van der Waals surface area contributed by atoms with Crippen molar-refractivity contribution in [2.24, 2.45) is 0 Å². The zero-order chi connectivity index (χ0) is 41.3. The third kappa shape index (κ3) is 7.54. The van der Waals surface area contributed by atoms with E-state index in [4.69, 9.17) is 9.72 Å². The zero-order valence-electron chi connectivity index (χ0n) is 35.9. The summed E-state index contributed by atoms with van der Waals surface area (Å²) in [7, 11) is 0. The zero-order valence-corrected chi connectivity index (χ0v) is 38.1. The third-order valence-electron chi connectivity index (χ3n) is 11.4. The van der Waals surface area contributed by atoms with Gasteiger partial charge in [0, 0.05) is 61.4 Å². The molecule has 5 nitrogen and oxygen atoms in total. The van der Waals surface area contributed by atoms with Crippen LogP contribution in [-0.2, 0) is 37.3 Å². The van der Waals surface area contributed by atoms with Gasteiger partial charge in [-0.15, -0.1) is 48.3 Å². The second-order valence-electron chi connectivity index (χ2n) is 18.7. The van der Waals surface area contributed by atoms with Gasteiger partial charge in [-0.05, 0) is 74.9 Å². The van der Waals surface area contributed by atoms with Crippen LogP contribution in [0.2, 0.25) is 0 Å². The van der Waals surface area contributed by atoms with Crippen LogP contribution in [0, 0.1) is 18.8 Å². The van der Waals surface area contributed by atoms with Crippen LogP contribution in [0.25, 0.3) is 22.3 Å². The van der Waals surface area contributed by atoms with E-state index in [1.807, 2.05) is 24.4 Å². The minimum atomic E-state index is -0.0581. The molecule has 0 radical (unpaired) electrons. The number of nitrogens with zero attached hydrogens (tertiary/aromatic N) is 4. The molecule has 0 spiro atoms. The van der Waals surface area contributed by atoms with E-state index in [9.17, 15) is 0 Å². The van der Waals surface area contributed by atoms with Crippen molar-refractivity contribution < 1.29 is 25.8 Å². The topological polar surface area (TPSA) is 31.8 Å². The van der Waals surface area contributed by atoms with E-state index in [1.165, 1.54) is 22.4 Å². The molecule has 3 heterocycles. The van der Waals surface area contributed by atoms with Crippen molar-refractivity contribution in [3.63, 3.8) is 0 Å². The number of aromatic nitrogens is 1. The number of benzene rings is 6. The fourth-order valence-corrected chi connectivity index (χ4v) is 8.21. The number of anilines is 7. The summed E-state index contributed by atoms with van der Waals surface area (Å²) in [6.45, 7) is 22.6. The SMILES string of the molecule is CC(C)(C)c1ccnc(N2c3[c-]c(Oc4[c-]c(N5[CH-]N(c6cc(C(C)(C)C)ccc6C(C)(C)C)c6ccccc65)ccc4)ccc3-c3ccccc3-c3ccccc32)c1.[Pt]. The van der Waals surface area contributed by atoms with Crippen LogP contribution in [0.4, 0.5) is 39.9 Å². The van der Waals surface area contributed by atoms with Crippen molar-refractivity contribution >= 4 is 39.9 Å². The van der Waals surface area contributed by atoms with E-state index < -0.39 is 0 Å². The molecule has 6 heteroatoms. The van der Waals surface area contributed by atoms with Gasteiger partial charge in [0.15, 0.2) is 0 Å². The Hall–Kier alpha value is -5.64. The van der Waals surface area contributed by atoms with Crippen LogP contribution in [0.5, 0.6) is 11.5 Å². The van der Waals surface area contributed by atoms with Gasteiger partial charge in [0.05, 0.1) is 5.69 Å². The number of rotatable bonds is 5. The van der Waals surface area contributed by atoms with Crippen molar-refractivity contribution in [1.82, 2.24) is 4.98 Å². The maximum atomic E-state index is 6.73. The molecule has 2 aliphatic heterocycles. The average molecular weight is 967 g/mol. The molecule has 0 fully saturated rings. The Kier molecular flexibility index (Phi) is 10.6. The van der Waals surface area contributed by atoms with Gasteiger partial charge >= 0.3 is 0 Å². The molecule has 0 atom stereocenters. The van der Waals surface area contributed by atoms with Crippen molar-refractivity contribution in [1.29, 1.82) is 0 Å². The average Bonchev–Trinajstić information content (AvgIpc) is 3.55. The summed E-state index contributed by atoms with van der Waals surface area (Å²) in [4.78, 5) is 11.8. The second kappa shape index (κ2) is 15.4. The Morgan fingerprint density at radius 3 is 1.78 bits per heavy atom. The molecule has 60 heavy (non-hydrogen) atoms. The van der Waals surface area contributed by atoms with E-state index in [0.717, 1.165) is 56.5 Å². The molecule has 6 aromatic carbocycles. The number of hydrogen-bond acceptors (Lipinski definition) is 5. The van der Waals surface area contributed by atoms with Crippen LogP contribution >= 0.6 is 0 Å². The number of hydrogen-bond donors (Lipinski definition) is 0. The standard InChI is InChI=1S/C54H51N4O.Pt/c1-52(2,3)36-25-28-45(54(7,8)9)50(31-36)57-35-56(47-23-14-15-24-48(47)57)38-17-16-18-39(33-38)59-40-26-27-44-42-20-11-10-19-41(42)43-21-12-13-22-46(43)58(49(44)34-40)51-32-37(29-30-55-51)53(4,5)6;/h10-32,35H,1-9H3;/q-3;. The van der Waals surface area contributed by atoms with Crippen LogP contribution in [-0.4, -0.2) is 4.98 Å². The van der Waals surface area contributed by atoms with Gasteiger partial charge in [-0.3, -0.25) is 0 Å². The summed E-state index contributed by atoms with van der Waals surface area (Å²) in [6, 6.07) is 54.6. The molecule has 7 aromatic rings. The predicted octanol–water partition coefficient (Wildman–Crippen LogP) is 14.9. The van der Waals surface area contributed by atoms with Crippen LogP contribution in [0.1, 0.15) is 79.0 Å². The number of para-hydroxylation sites is 3. The maximum Gasteiger partial charge on any atom is 0.135 e. The molecule has 0 bridgehead atoms. The first-order valence-electron chi connectivity index (χ1n) is 20.5. The summed E-state index contributed by atoms with van der Waals surface area (Å²) in [5, 5.41) is 0. The van der Waals surface area contributed by atoms with E-state index in [-0.39, 0.29) is 37.3 Å². The molecule has 0 N–H and O–H groups in total. The van der Waals surface area contributed by atoms with Crippen LogP contribution in [0.3, 0.4) is 0 Å². The third-order valence-corrected chi connectivity index (χ3v) is 11.4. The first-order chi connectivity index (χ1) is 28.1. The smallest absolute Gasteiger partial charge is 0.135 e. The largest absolute Gasteiger partial charge is 0.509 e. The summed E-state index contributed by atoms with van der Waals surface area (Å²) < 4.78 is 6.73. The van der Waals surface area contributed by atoms with E-state index in [0.29, 0.717) is 11.5 Å². The van der Waals surface area contributed by atoms with Crippen LogP contribution < -0.4 is 19.4 Å². The molecule has 306 valence electrons. The molecule has 9 rings (SSSR count). The molecule has 2 aliphatic rings. The monoisotopic (exact) mass is 966 g/mol. The first kappa shape index (κ1) is 41.1. The summed E-state index contributed by atoms with van der Waals surface area (Å²) in [5.41, 5.74) is 14.3. The van der Waals surface area contributed by atoms with Gasteiger partial charge in [0.1, 0.15) is 5.82 Å². The van der Waals surface area contributed by atoms with Gasteiger partial charge in [-0.25, -0.2) is 4.98 Å². The molecule has 0 aliphatic carbocycles. The first-order valence-corrected chi connectivity index (χ1v) is 20.5. The maximum absolute atomic E-state index is 6.73. The Labute approximate surface area is 371 Å². The molecular formula is C54H51N4OPt-3. The van der Waals surface area contributed by atoms with Gasteiger partial charge in [-0.2, -0.15) is 12.1 Å². The molecule has 0 saturated carbocycles. The quantitative estimate of drug-likeness (QED) is 0.161. The molecular weight excluding hydrogens is 916 g/mol. The number of ether oxygens (including phenoxy) is 1. The Morgan fingerprint density at radius 2 is 1.10 bits per heavy atom.